The Morgan fingerprint density at radius 1 is 1.33 bits per heavy atom. The minimum Gasteiger partial charge on any atom is -0.478 e. The molecule has 3 rings (SSSR count). The summed E-state index contributed by atoms with van der Waals surface area (Å²) in [6.45, 7) is 2.33. The average Bonchev–Trinajstić information content (AvgIpc) is 3.08. The molecule has 1 aromatic rings. The molecule has 1 fully saturated rings. The van der Waals surface area contributed by atoms with Crippen LogP contribution in [0.4, 0.5) is 4.79 Å². The van der Waals surface area contributed by atoms with Crippen LogP contribution < -0.4 is 0 Å². The fourth-order valence-corrected chi connectivity index (χ4v) is 2.76. The standard InChI is InChI=1S/C16H20N2O3/c19-16(21-12-13-6-2-1-3-7-13)18-10-5-4-8-14(18)15-17-9-11-20-15/h1-3,6-7,14H,4-5,8-12H2/t14-/m0/s1. The smallest absolute Gasteiger partial charge is 0.410 e. The fourth-order valence-electron chi connectivity index (χ4n) is 2.76. The minimum absolute atomic E-state index is 0.0514. The molecule has 0 N–H and O–H groups in total. The molecule has 1 aromatic carbocycles. The molecule has 2 heterocycles. The number of carbonyl (C=O) groups is 1. The normalized spacial score (nSPS) is 21.6. The average molecular weight is 288 g/mol. The number of aliphatic imine (C=N–C) groups is 1. The van der Waals surface area contributed by atoms with Crippen molar-refractivity contribution in [2.24, 2.45) is 4.99 Å². The molecule has 21 heavy (non-hydrogen) atoms. The predicted molar refractivity (Wildman–Crippen MR) is 79.2 cm³/mol. The lowest BCUT2D eigenvalue weighted by molar-refractivity contribution is 0.0766. The van der Waals surface area contributed by atoms with E-state index in [1.165, 1.54) is 0 Å². The van der Waals surface area contributed by atoms with Crippen LogP contribution in [0, 0.1) is 0 Å². The molecule has 1 amide bonds. The van der Waals surface area contributed by atoms with E-state index >= 15 is 0 Å². The zero-order valence-electron chi connectivity index (χ0n) is 12.0. The second-order valence-electron chi connectivity index (χ2n) is 5.31. The van der Waals surface area contributed by atoms with Gasteiger partial charge in [0.05, 0.1) is 6.54 Å². The summed E-state index contributed by atoms with van der Waals surface area (Å²) >= 11 is 0. The quantitative estimate of drug-likeness (QED) is 0.859. The Balaban J connectivity index is 1.61. The van der Waals surface area contributed by atoms with Crippen molar-refractivity contribution in [3.63, 3.8) is 0 Å². The summed E-state index contributed by atoms with van der Waals surface area (Å²) in [5, 5.41) is 0. The van der Waals surface area contributed by atoms with E-state index in [2.05, 4.69) is 4.99 Å². The summed E-state index contributed by atoms with van der Waals surface area (Å²) in [7, 11) is 0. The molecular weight excluding hydrogens is 268 g/mol. The van der Waals surface area contributed by atoms with E-state index in [0.29, 0.717) is 32.2 Å². The number of amides is 1. The Bertz CT molecular complexity index is 516. The maximum absolute atomic E-state index is 12.3. The summed E-state index contributed by atoms with van der Waals surface area (Å²) in [6, 6.07) is 9.67. The molecule has 0 spiro atoms. The van der Waals surface area contributed by atoms with Crippen molar-refractivity contribution in [1.29, 1.82) is 0 Å². The van der Waals surface area contributed by atoms with Gasteiger partial charge in [-0.3, -0.25) is 9.89 Å². The first-order chi connectivity index (χ1) is 10.3. The summed E-state index contributed by atoms with van der Waals surface area (Å²) in [4.78, 5) is 18.4. The van der Waals surface area contributed by atoms with Crippen molar-refractivity contribution in [2.75, 3.05) is 19.7 Å². The highest BCUT2D eigenvalue weighted by molar-refractivity contribution is 5.86. The lowest BCUT2D eigenvalue weighted by atomic mass is 10.0. The van der Waals surface area contributed by atoms with Gasteiger partial charge in [0.25, 0.3) is 0 Å². The molecule has 1 saturated heterocycles. The molecule has 0 aromatic heterocycles. The van der Waals surface area contributed by atoms with Crippen molar-refractivity contribution in [2.45, 2.75) is 31.9 Å². The van der Waals surface area contributed by atoms with E-state index in [1.807, 2.05) is 30.3 Å². The van der Waals surface area contributed by atoms with Crippen LogP contribution >= 0.6 is 0 Å². The van der Waals surface area contributed by atoms with Gasteiger partial charge in [-0.05, 0) is 24.8 Å². The number of nitrogens with zero attached hydrogens (tertiary/aromatic N) is 2. The maximum atomic E-state index is 12.3. The highest BCUT2D eigenvalue weighted by atomic mass is 16.6. The van der Waals surface area contributed by atoms with Crippen molar-refractivity contribution >= 4 is 12.0 Å². The third kappa shape index (κ3) is 3.35. The Hall–Kier alpha value is -2.04. The van der Waals surface area contributed by atoms with Gasteiger partial charge in [0.1, 0.15) is 19.3 Å². The van der Waals surface area contributed by atoms with Gasteiger partial charge in [-0.25, -0.2) is 4.79 Å². The van der Waals surface area contributed by atoms with Gasteiger partial charge < -0.3 is 9.47 Å². The van der Waals surface area contributed by atoms with Gasteiger partial charge in [-0.2, -0.15) is 0 Å². The molecule has 0 unspecified atom stereocenters. The van der Waals surface area contributed by atoms with Gasteiger partial charge in [0.2, 0.25) is 5.90 Å². The van der Waals surface area contributed by atoms with Crippen molar-refractivity contribution in [3.05, 3.63) is 35.9 Å². The molecule has 112 valence electrons. The molecule has 5 nitrogen and oxygen atoms in total. The molecule has 0 saturated carbocycles. The second kappa shape index (κ2) is 6.61. The van der Waals surface area contributed by atoms with Gasteiger partial charge in [-0.15, -0.1) is 0 Å². The largest absolute Gasteiger partial charge is 0.478 e. The number of hydrogen-bond donors (Lipinski definition) is 0. The van der Waals surface area contributed by atoms with Crippen LogP contribution in [-0.2, 0) is 16.1 Å². The molecule has 0 aliphatic carbocycles. The molecule has 1 atom stereocenters. The molecule has 2 aliphatic heterocycles. The van der Waals surface area contributed by atoms with Gasteiger partial charge in [-0.1, -0.05) is 30.3 Å². The van der Waals surface area contributed by atoms with Crippen LogP contribution in [0.3, 0.4) is 0 Å². The SMILES string of the molecule is O=C(OCc1ccccc1)N1CCCC[C@H]1C1=NCCO1. The zero-order valence-corrected chi connectivity index (χ0v) is 12.0. The van der Waals surface area contributed by atoms with Crippen LogP contribution in [0.2, 0.25) is 0 Å². The molecular formula is C16H20N2O3. The number of benzene rings is 1. The number of ether oxygens (including phenoxy) is 2. The number of likely N-dealkylation sites (tertiary alicyclic amines) is 1. The van der Waals surface area contributed by atoms with Crippen LogP contribution in [0.1, 0.15) is 24.8 Å². The second-order valence-corrected chi connectivity index (χ2v) is 5.31. The summed E-state index contributed by atoms with van der Waals surface area (Å²) in [5.41, 5.74) is 0.994. The van der Waals surface area contributed by atoms with Gasteiger partial charge >= 0.3 is 6.09 Å². The Labute approximate surface area is 124 Å². The van der Waals surface area contributed by atoms with Crippen molar-refractivity contribution in [1.82, 2.24) is 4.90 Å². The molecule has 0 radical (unpaired) electrons. The molecule has 2 aliphatic rings. The first-order valence-electron chi connectivity index (χ1n) is 7.49. The number of hydrogen-bond acceptors (Lipinski definition) is 4. The minimum atomic E-state index is -0.276. The van der Waals surface area contributed by atoms with E-state index in [-0.39, 0.29) is 12.1 Å². The van der Waals surface area contributed by atoms with Crippen LogP contribution in [0.5, 0.6) is 0 Å². The Kier molecular flexibility index (Phi) is 4.38. The summed E-state index contributed by atoms with van der Waals surface area (Å²) < 4.78 is 11.0. The van der Waals surface area contributed by atoms with Crippen molar-refractivity contribution in [3.8, 4) is 0 Å². The van der Waals surface area contributed by atoms with E-state index in [4.69, 9.17) is 9.47 Å². The Morgan fingerprint density at radius 3 is 2.95 bits per heavy atom. The van der Waals surface area contributed by atoms with E-state index in [1.54, 1.807) is 4.90 Å². The highest BCUT2D eigenvalue weighted by Crippen LogP contribution is 2.21. The lowest BCUT2D eigenvalue weighted by Gasteiger charge is -2.34. The van der Waals surface area contributed by atoms with Crippen LogP contribution in [0.25, 0.3) is 0 Å². The van der Waals surface area contributed by atoms with Gasteiger partial charge in [0, 0.05) is 6.54 Å². The van der Waals surface area contributed by atoms with Crippen molar-refractivity contribution < 1.29 is 14.3 Å². The van der Waals surface area contributed by atoms with E-state index in [0.717, 1.165) is 24.8 Å². The Morgan fingerprint density at radius 2 is 2.19 bits per heavy atom. The summed E-state index contributed by atoms with van der Waals surface area (Å²) in [5.74, 6) is 0.700. The van der Waals surface area contributed by atoms with E-state index in [9.17, 15) is 4.79 Å². The first kappa shape index (κ1) is 13.9. The van der Waals surface area contributed by atoms with E-state index < -0.39 is 0 Å². The molecule has 5 heteroatoms. The third-order valence-electron chi connectivity index (χ3n) is 3.84. The van der Waals surface area contributed by atoms with Crippen LogP contribution in [-0.4, -0.2) is 42.6 Å². The summed E-state index contributed by atoms with van der Waals surface area (Å²) in [6.07, 6.45) is 2.72. The molecule has 0 bridgehead atoms. The lowest BCUT2D eigenvalue weighted by Crippen LogP contribution is -2.48. The number of carbonyl (C=O) groups excluding carboxylic acids is 1. The number of rotatable bonds is 3. The fraction of sp³-hybridized carbons (Fsp3) is 0.500. The third-order valence-corrected chi connectivity index (χ3v) is 3.84. The maximum Gasteiger partial charge on any atom is 0.410 e. The highest BCUT2D eigenvalue weighted by Gasteiger charge is 2.33. The topological polar surface area (TPSA) is 51.1 Å². The first-order valence-corrected chi connectivity index (χ1v) is 7.49. The van der Waals surface area contributed by atoms with Gasteiger partial charge in [0.15, 0.2) is 0 Å². The van der Waals surface area contributed by atoms with Crippen LogP contribution in [0.15, 0.2) is 35.3 Å². The zero-order chi connectivity index (χ0) is 14.5. The monoisotopic (exact) mass is 288 g/mol. The number of piperidine rings is 1. The predicted octanol–water partition coefficient (Wildman–Crippen LogP) is 2.61.